The van der Waals surface area contributed by atoms with Crippen LogP contribution in [0.15, 0.2) is 53.6 Å². The first-order valence-electron chi connectivity index (χ1n) is 11.4. The van der Waals surface area contributed by atoms with Crippen LogP contribution >= 0.6 is 0 Å². The number of aromatic nitrogens is 2. The van der Waals surface area contributed by atoms with Crippen molar-refractivity contribution >= 4 is 26.6 Å². The van der Waals surface area contributed by atoms with Crippen LogP contribution in [0.3, 0.4) is 0 Å². The number of aromatic amines is 1. The Morgan fingerprint density at radius 3 is 2.61 bits per heavy atom. The first-order valence-corrected chi connectivity index (χ1v) is 13.3. The normalized spacial score (nSPS) is 14.4. The van der Waals surface area contributed by atoms with Gasteiger partial charge in [0, 0.05) is 40.0 Å². The summed E-state index contributed by atoms with van der Waals surface area (Å²) in [5.74, 6) is 1.29. The highest BCUT2D eigenvalue weighted by molar-refractivity contribution is 7.92. The minimum absolute atomic E-state index is 0.227. The molecule has 9 heteroatoms. The van der Waals surface area contributed by atoms with Crippen molar-refractivity contribution in [3.8, 4) is 33.8 Å². The minimum Gasteiger partial charge on any atom is -0.496 e. The van der Waals surface area contributed by atoms with Crippen molar-refractivity contribution < 1.29 is 17.9 Å². The van der Waals surface area contributed by atoms with Crippen LogP contribution in [-0.4, -0.2) is 38.4 Å². The topological polar surface area (TPSA) is 110 Å². The average molecular weight is 506 g/mol. The van der Waals surface area contributed by atoms with Crippen LogP contribution in [0, 0.1) is 6.92 Å². The third kappa shape index (κ3) is 3.99. The van der Waals surface area contributed by atoms with Crippen molar-refractivity contribution in [2.75, 3.05) is 24.7 Å². The van der Waals surface area contributed by atoms with Gasteiger partial charge >= 0.3 is 0 Å². The maximum Gasteiger partial charge on any atom is 0.256 e. The third-order valence-corrected chi connectivity index (χ3v) is 7.04. The number of anilines is 1. The van der Waals surface area contributed by atoms with Gasteiger partial charge in [-0.1, -0.05) is 19.9 Å². The second-order valence-corrected chi connectivity index (χ2v) is 11.5. The van der Waals surface area contributed by atoms with E-state index in [-0.39, 0.29) is 11.0 Å². The summed E-state index contributed by atoms with van der Waals surface area (Å²) in [6.07, 6.45) is 4.47. The van der Waals surface area contributed by atoms with Gasteiger partial charge in [-0.25, -0.2) is 8.42 Å². The molecule has 0 amide bonds. The van der Waals surface area contributed by atoms with E-state index in [4.69, 9.17) is 14.5 Å². The zero-order valence-corrected chi connectivity index (χ0v) is 21.5. The van der Waals surface area contributed by atoms with Crippen molar-refractivity contribution in [2.45, 2.75) is 26.2 Å². The molecule has 0 aliphatic carbocycles. The number of nitrogens with one attached hydrogen (secondary N) is 2. The molecule has 0 saturated heterocycles. The highest BCUT2D eigenvalue weighted by atomic mass is 32.2. The van der Waals surface area contributed by atoms with Gasteiger partial charge in [-0.3, -0.25) is 14.5 Å². The van der Waals surface area contributed by atoms with Gasteiger partial charge < -0.3 is 14.5 Å². The van der Waals surface area contributed by atoms with Gasteiger partial charge in [0.1, 0.15) is 11.5 Å². The number of nitrogens with zero attached hydrogens (tertiary/aromatic N) is 1. The van der Waals surface area contributed by atoms with Gasteiger partial charge in [-0.2, -0.15) is 0 Å². The standard InChI is InChI=1S/C27H27N3O5S/c1-15-11-17(30-36(5,32)33)8-9-18(15)16-12-20-23(29-13-16)21(19-7-6-10-28-26(19)31)25-22(24(20)34-4)27(2,3)14-35-25/h6-13,30H,14H2,1-5H3,(H,28,31). The molecule has 2 aromatic heterocycles. The molecule has 4 aromatic rings. The molecule has 0 unspecified atom stereocenters. The van der Waals surface area contributed by atoms with Crippen molar-refractivity contribution in [1.29, 1.82) is 0 Å². The highest BCUT2D eigenvalue weighted by Gasteiger charge is 2.39. The van der Waals surface area contributed by atoms with Gasteiger partial charge in [0.2, 0.25) is 10.0 Å². The van der Waals surface area contributed by atoms with Crippen molar-refractivity contribution in [1.82, 2.24) is 9.97 Å². The van der Waals surface area contributed by atoms with Gasteiger partial charge in [0.25, 0.3) is 5.56 Å². The first-order chi connectivity index (χ1) is 17.0. The van der Waals surface area contributed by atoms with E-state index in [2.05, 4.69) is 23.6 Å². The number of aryl methyl sites for hydroxylation is 1. The number of sulfonamides is 1. The molecule has 0 spiro atoms. The van der Waals surface area contributed by atoms with Crippen LogP contribution in [0.25, 0.3) is 33.2 Å². The summed E-state index contributed by atoms with van der Waals surface area (Å²) >= 11 is 0. The molecule has 36 heavy (non-hydrogen) atoms. The summed E-state index contributed by atoms with van der Waals surface area (Å²) in [6.45, 7) is 6.54. The number of benzene rings is 2. The van der Waals surface area contributed by atoms with Crippen LogP contribution < -0.4 is 19.8 Å². The Labute approximate surface area is 209 Å². The molecule has 0 atom stereocenters. The fraction of sp³-hybridized carbons (Fsp3) is 0.259. The van der Waals surface area contributed by atoms with Gasteiger partial charge in [-0.15, -0.1) is 0 Å². The van der Waals surface area contributed by atoms with E-state index in [0.29, 0.717) is 40.4 Å². The maximum absolute atomic E-state index is 12.8. The zero-order valence-electron chi connectivity index (χ0n) is 20.7. The van der Waals surface area contributed by atoms with E-state index >= 15 is 0 Å². The Kier molecular flexibility index (Phi) is 5.55. The molecule has 186 valence electrons. The first kappa shape index (κ1) is 23.9. The average Bonchev–Trinajstić information content (AvgIpc) is 3.12. The monoisotopic (exact) mass is 505 g/mol. The van der Waals surface area contributed by atoms with E-state index in [9.17, 15) is 13.2 Å². The molecule has 1 aliphatic rings. The molecule has 0 saturated carbocycles. The van der Waals surface area contributed by atoms with Crippen molar-refractivity contribution in [3.05, 3.63) is 70.3 Å². The van der Waals surface area contributed by atoms with E-state index in [1.54, 1.807) is 43.8 Å². The number of fused-ring (bicyclic) bond motifs is 2. The van der Waals surface area contributed by atoms with Crippen molar-refractivity contribution in [2.24, 2.45) is 0 Å². The van der Waals surface area contributed by atoms with Crippen LogP contribution in [-0.2, 0) is 15.4 Å². The minimum atomic E-state index is -3.38. The predicted molar refractivity (Wildman–Crippen MR) is 142 cm³/mol. The third-order valence-electron chi connectivity index (χ3n) is 6.44. The fourth-order valence-corrected chi connectivity index (χ4v) is 5.44. The SMILES string of the molecule is COc1c2c(c(-c3ccc[nH]c3=O)c3ncc(-c4ccc(NS(C)(=O)=O)cc4C)cc13)OCC2(C)C. The largest absolute Gasteiger partial charge is 0.496 e. The van der Waals surface area contributed by atoms with Gasteiger partial charge in [0.15, 0.2) is 0 Å². The quantitative estimate of drug-likeness (QED) is 0.410. The number of H-pyrrole nitrogens is 1. The molecular formula is C27H27N3O5S. The summed E-state index contributed by atoms with van der Waals surface area (Å²) in [4.78, 5) is 20.4. The lowest BCUT2D eigenvalue weighted by atomic mass is 9.83. The Bertz CT molecular complexity index is 1690. The molecular weight excluding hydrogens is 478 g/mol. The number of pyridine rings is 2. The lowest BCUT2D eigenvalue weighted by Crippen LogP contribution is -2.19. The number of hydrogen-bond donors (Lipinski definition) is 2. The molecule has 2 aromatic carbocycles. The molecule has 0 fully saturated rings. The second kappa shape index (κ2) is 8.37. The molecule has 3 heterocycles. The Hall–Kier alpha value is -3.85. The zero-order chi connectivity index (χ0) is 25.8. The Morgan fingerprint density at radius 2 is 1.94 bits per heavy atom. The number of ether oxygens (including phenoxy) is 2. The van der Waals surface area contributed by atoms with Gasteiger partial charge in [-0.05, 0) is 48.4 Å². The van der Waals surface area contributed by atoms with Crippen LogP contribution in [0.1, 0.15) is 25.0 Å². The number of methoxy groups -OCH3 is 1. The molecule has 0 bridgehead atoms. The van der Waals surface area contributed by atoms with E-state index in [0.717, 1.165) is 33.9 Å². The summed E-state index contributed by atoms with van der Waals surface area (Å²) in [7, 11) is -1.75. The number of rotatable bonds is 5. The summed E-state index contributed by atoms with van der Waals surface area (Å²) in [5.41, 5.74) is 5.19. The lowest BCUT2D eigenvalue weighted by Gasteiger charge is -2.21. The number of hydrogen-bond acceptors (Lipinski definition) is 6. The lowest BCUT2D eigenvalue weighted by molar-refractivity contribution is 0.290. The summed E-state index contributed by atoms with van der Waals surface area (Å²) < 4.78 is 37.9. The molecule has 1 aliphatic heterocycles. The van der Waals surface area contributed by atoms with E-state index in [1.807, 2.05) is 19.1 Å². The van der Waals surface area contributed by atoms with E-state index < -0.39 is 10.0 Å². The highest BCUT2D eigenvalue weighted by Crippen LogP contribution is 2.53. The Morgan fingerprint density at radius 1 is 1.17 bits per heavy atom. The maximum atomic E-state index is 12.8. The van der Waals surface area contributed by atoms with Crippen LogP contribution in [0.4, 0.5) is 5.69 Å². The van der Waals surface area contributed by atoms with Crippen LogP contribution in [0.5, 0.6) is 11.5 Å². The summed E-state index contributed by atoms with van der Waals surface area (Å²) in [6, 6.07) is 10.9. The second-order valence-electron chi connectivity index (χ2n) is 9.72. The smallest absolute Gasteiger partial charge is 0.256 e. The molecule has 8 nitrogen and oxygen atoms in total. The Balaban J connectivity index is 1.79. The van der Waals surface area contributed by atoms with E-state index in [1.165, 1.54) is 0 Å². The molecule has 5 rings (SSSR count). The van der Waals surface area contributed by atoms with Gasteiger partial charge in [0.05, 0.1) is 36.6 Å². The summed E-state index contributed by atoms with van der Waals surface area (Å²) in [5, 5.41) is 0.767. The van der Waals surface area contributed by atoms with Crippen molar-refractivity contribution in [3.63, 3.8) is 0 Å². The van der Waals surface area contributed by atoms with Crippen LogP contribution in [0.2, 0.25) is 0 Å². The molecule has 0 radical (unpaired) electrons. The fourth-order valence-electron chi connectivity index (χ4n) is 4.88. The predicted octanol–water partition coefficient (Wildman–Crippen LogP) is 4.62. The molecule has 2 N–H and O–H groups in total.